The molecule has 4 aliphatic rings. The molecule has 8 nitrogen and oxygen atoms in total. The van der Waals surface area contributed by atoms with E-state index in [1.165, 1.54) is 25.7 Å². The quantitative estimate of drug-likeness (QED) is 0.379. The number of primary amides is 1. The maximum absolute atomic E-state index is 13.7. The first-order valence-electron chi connectivity index (χ1n) is 13.3. The number of rotatable bonds is 5. The lowest BCUT2D eigenvalue weighted by molar-refractivity contribution is -0.147. The van der Waals surface area contributed by atoms with E-state index in [0.29, 0.717) is 18.8 Å². The molecule has 5 rings (SSSR count). The van der Waals surface area contributed by atoms with E-state index >= 15 is 0 Å². The van der Waals surface area contributed by atoms with Crippen molar-refractivity contribution < 1.29 is 34.8 Å². The molecule has 0 bridgehead atoms. The van der Waals surface area contributed by atoms with E-state index in [0.717, 1.165) is 23.1 Å². The normalized spacial score (nSPS) is 28.0. The molecule has 4 aliphatic carbocycles. The molecule has 0 aliphatic heterocycles. The minimum absolute atomic E-state index is 0.0563. The summed E-state index contributed by atoms with van der Waals surface area (Å²) < 4.78 is 0. The Morgan fingerprint density at radius 2 is 1.81 bits per heavy atom. The monoisotopic (exact) mass is 509 g/mol. The minimum atomic E-state index is -2.54. The summed E-state index contributed by atoms with van der Waals surface area (Å²) >= 11 is 0. The second-order valence-corrected chi connectivity index (χ2v) is 11.6. The molecule has 8 heteroatoms. The van der Waals surface area contributed by atoms with Gasteiger partial charge in [-0.25, -0.2) is 0 Å². The Balaban J connectivity index is 1.63. The van der Waals surface area contributed by atoms with Gasteiger partial charge < -0.3 is 26.2 Å². The number of carbonyl (C=O) groups is 3. The van der Waals surface area contributed by atoms with Crippen molar-refractivity contribution in [2.45, 2.75) is 83.2 Å². The number of carbonyl (C=O) groups excluding carboxylic acids is 3. The highest BCUT2D eigenvalue weighted by Gasteiger charge is 2.60. The number of ketones is 2. The van der Waals surface area contributed by atoms with Crippen molar-refractivity contribution >= 4 is 23.2 Å². The summed E-state index contributed by atoms with van der Waals surface area (Å²) in [4.78, 5) is 38.1. The Hall–Kier alpha value is -3.13. The van der Waals surface area contributed by atoms with Crippen molar-refractivity contribution in [1.82, 2.24) is 0 Å². The van der Waals surface area contributed by atoms with Gasteiger partial charge in [0.25, 0.3) is 5.91 Å². The number of aromatic hydroxyl groups is 1. The number of hydrogen-bond acceptors (Lipinski definition) is 7. The SMILES string of the molecule is CC(C)c1cc(CCC2CCCC2)c(O)c2c1C[C@H]1C[C@H]3CC(=O)C(C(N)=O)=C(O)[C@@]3(O)C(=O)C1=C2O. The van der Waals surface area contributed by atoms with Gasteiger partial charge in [-0.2, -0.15) is 0 Å². The molecule has 0 saturated heterocycles. The lowest BCUT2D eigenvalue weighted by atomic mass is 9.59. The molecule has 3 atom stereocenters. The van der Waals surface area contributed by atoms with Gasteiger partial charge in [-0.3, -0.25) is 14.4 Å². The summed E-state index contributed by atoms with van der Waals surface area (Å²) in [6, 6.07) is 2.02. The average molecular weight is 510 g/mol. The molecular weight excluding hydrogens is 474 g/mol. The number of benzene rings is 1. The molecule has 1 aromatic rings. The van der Waals surface area contributed by atoms with Gasteiger partial charge in [0.05, 0.1) is 5.56 Å². The minimum Gasteiger partial charge on any atom is -0.508 e. The predicted molar refractivity (Wildman–Crippen MR) is 136 cm³/mol. The zero-order valence-corrected chi connectivity index (χ0v) is 21.3. The second-order valence-electron chi connectivity index (χ2n) is 11.6. The van der Waals surface area contributed by atoms with Crippen LogP contribution >= 0.6 is 0 Å². The van der Waals surface area contributed by atoms with Gasteiger partial charge in [0.1, 0.15) is 22.8 Å². The average Bonchev–Trinajstić information content (AvgIpc) is 3.34. The highest BCUT2D eigenvalue weighted by atomic mass is 16.3. The molecular formula is C29H35NO7. The Bertz CT molecular complexity index is 1270. The van der Waals surface area contributed by atoms with Crippen LogP contribution in [0.25, 0.3) is 5.76 Å². The summed E-state index contributed by atoms with van der Waals surface area (Å²) in [6.45, 7) is 4.09. The number of fused-ring (bicyclic) bond motifs is 3. The van der Waals surface area contributed by atoms with Crippen LogP contribution in [0.2, 0.25) is 0 Å². The van der Waals surface area contributed by atoms with Gasteiger partial charge in [-0.05, 0) is 60.1 Å². The third-order valence-corrected chi connectivity index (χ3v) is 9.10. The van der Waals surface area contributed by atoms with E-state index in [9.17, 15) is 34.8 Å². The molecule has 0 heterocycles. The van der Waals surface area contributed by atoms with Crippen LogP contribution in [0.5, 0.6) is 5.75 Å². The molecule has 2 saturated carbocycles. The third kappa shape index (κ3) is 3.79. The molecule has 0 aromatic heterocycles. The van der Waals surface area contributed by atoms with Crippen LogP contribution in [0.1, 0.15) is 87.0 Å². The topological polar surface area (TPSA) is 158 Å². The summed E-state index contributed by atoms with van der Waals surface area (Å²) in [6.07, 6.45) is 6.58. The number of aliphatic hydroxyl groups is 3. The highest BCUT2D eigenvalue weighted by Crippen LogP contribution is 2.53. The van der Waals surface area contributed by atoms with Crippen LogP contribution in [-0.2, 0) is 27.2 Å². The van der Waals surface area contributed by atoms with Gasteiger partial charge >= 0.3 is 0 Å². The lowest BCUT2D eigenvalue weighted by Gasteiger charge is -2.46. The van der Waals surface area contributed by atoms with E-state index in [2.05, 4.69) is 0 Å². The highest BCUT2D eigenvalue weighted by molar-refractivity contribution is 6.22. The van der Waals surface area contributed by atoms with Gasteiger partial charge in [0.15, 0.2) is 11.4 Å². The van der Waals surface area contributed by atoms with Gasteiger partial charge in [0.2, 0.25) is 5.78 Å². The zero-order valence-electron chi connectivity index (χ0n) is 21.3. The predicted octanol–water partition coefficient (Wildman–Crippen LogP) is 3.67. The molecule has 1 aromatic carbocycles. The van der Waals surface area contributed by atoms with Crippen molar-refractivity contribution in [3.63, 3.8) is 0 Å². The first-order chi connectivity index (χ1) is 17.5. The van der Waals surface area contributed by atoms with Gasteiger partial charge in [0, 0.05) is 17.9 Å². The summed E-state index contributed by atoms with van der Waals surface area (Å²) in [5.74, 6) is -5.15. The number of aliphatic hydroxyl groups excluding tert-OH is 2. The van der Waals surface area contributed by atoms with Crippen LogP contribution in [0.15, 0.2) is 23.0 Å². The van der Waals surface area contributed by atoms with Crippen molar-refractivity contribution in [2.75, 3.05) is 0 Å². The molecule has 0 unspecified atom stereocenters. The Kier molecular flexibility index (Phi) is 6.21. The fourth-order valence-corrected chi connectivity index (χ4v) is 7.14. The second kappa shape index (κ2) is 9.01. The fourth-order valence-electron chi connectivity index (χ4n) is 7.14. The van der Waals surface area contributed by atoms with Crippen molar-refractivity contribution in [3.8, 4) is 5.75 Å². The maximum atomic E-state index is 13.7. The number of amides is 1. The largest absolute Gasteiger partial charge is 0.508 e. The first-order valence-corrected chi connectivity index (χ1v) is 13.3. The summed E-state index contributed by atoms with van der Waals surface area (Å²) in [5.41, 5.74) is 4.55. The van der Waals surface area contributed by atoms with Crippen LogP contribution < -0.4 is 5.73 Å². The van der Waals surface area contributed by atoms with Crippen LogP contribution in [-0.4, -0.2) is 43.5 Å². The molecule has 1 amide bonds. The Morgan fingerprint density at radius 3 is 2.43 bits per heavy atom. The molecule has 6 N–H and O–H groups in total. The van der Waals surface area contributed by atoms with E-state index < -0.39 is 52.0 Å². The molecule has 0 radical (unpaired) electrons. The standard InChI is InChI=1S/C29H35NO7/c1-13(2)18-10-15(8-7-14-5-3-4-6-14)24(32)22-19(18)11-16-9-17-12-20(31)23(28(30)36)27(35)29(17,37)26(34)21(16)25(22)33/h10,13-14,16-17,32-33,35,37H,3-9,11-12H2,1-2H3,(H2,30,36)/t16-,17+,29+/m1/s1. The molecule has 198 valence electrons. The number of phenols is 1. The number of hydrogen-bond donors (Lipinski definition) is 5. The van der Waals surface area contributed by atoms with Gasteiger partial charge in [-0.1, -0.05) is 45.6 Å². The maximum Gasteiger partial charge on any atom is 0.255 e. The number of nitrogens with two attached hydrogens (primary N) is 1. The van der Waals surface area contributed by atoms with E-state index in [1.807, 2.05) is 19.9 Å². The summed E-state index contributed by atoms with van der Waals surface area (Å²) in [7, 11) is 0. The number of aryl methyl sites for hydroxylation is 1. The van der Waals surface area contributed by atoms with Crippen molar-refractivity contribution in [2.24, 2.45) is 23.5 Å². The van der Waals surface area contributed by atoms with E-state index in [1.54, 1.807) is 0 Å². The molecule has 2 fully saturated rings. The lowest BCUT2D eigenvalue weighted by Crippen LogP contribution is -2.58. The van der Waals surface area contributed by atoms with Gasteiger partial charge in [-0.15, -0.1) is 0 Å². The summed E-state index contributed by atoms with van der Waals surface area (Å²) in [5, 5.41) is 44.9. The van der Waals surface area contributed by atoms with E-state index in [4.69, 9.17) is 5.73 Å². The van der Waals surface area contributed by atoms with Crippen LogP contribution in [0, 0.1) is 17.8 Å². The first kappa shape index (κ1) is 25.5. The smallest absolute Gasteiger partial charge is 0.255 e. The Labute approximate surface area is 215 Å². The fraction of sp³-hybridized carbons (Fsp3) is 0.552. The number of Topliss-reactive ketones (excluding diaryl/α,β-unsaturated/α-hetero) is 2. The van der Waals surface area contributed by atoms with E-state index in [-0.39, 0.29) is 35.6 Å². The van der Waals surface area contributed by atoms with Crippen molar-refractivity contribution in [1.29, 1.82) is 0 Å². The Morgan fingerprint density at radius 1 is 1.14 bits per heavy atom. The zero-order chi connectivity index (χ0) is 26.8. The number of phenolic OH excluding ortho intramolecular Hbond substituents is 1. The van der Waals surface area contributed by atoms with Crippen molar-refractivity contribution in [3.05, 3.63) is 45.2 Å². The van der Waals surface area contributed by atoms with Crippen LogP contribution in [0.4, 0.5) is 0 Å². The third-order valence-electron chi connectivity index (χ3n) is 9.10. The van der Waals surface area contributed by atoms with Crippen LogP contribution in [0.3, 0.4) is 0 Å². The molecule has 37 heavy (non-hydrogen) atoms. The molecule has 0 spiro atoms.